The van der Waals surface area contributed by atoms with Crippen molar-refractivity contribution in [1.82, 2.24) is 0 Å². The van der Waals surface area contributed by atoms with Gasteiger partial charge < -0.3 is 0 Å². The smallest absolute Gasteiger partial charge is 0.235 e. The third kappa shape index (κ3) is 2.36. The summed E-state index contributed by atoms with van der Waals surface area (Å²) in [6.45, 7) is 6.49. The van der Waals surface area contributed by atoms with Gasteiger partial charge in [0.1, 0.15) is 0 Å². The molecule has 0 bridgehead atoms. The van der Waals surface area contributed by atoms with Crippen LogP contribution in [0.15, 0.2) is 16.6 Å². The molecule has 1 aliphatic heterocycles. The number of nitrogens with zero attached hydrogens (tertiary/aromatic N) is 1. The van der Waals surface area contributed by atoms with Crippen LogP contribution in [0, 0.1) is 19.8 Å². The monoisotopic (exact) mass is 317 g/mol. The van der Waals surface area contributed by atoms with Gasteiger partial charge in [-0.05, 0) is 52.9 Å². The van der Waals surface area contributed by atoms with Gasteiger partial charge in [-0.2, -0.15) is 0 Å². The first-order valence-electron chi connectivity index (χ1n) is 5.58. The average Bonchev–Trinajstić information content (AvgIpc) is 2.37. The van der Waals surface area contributed by atoms with Gasteiger partial charge in [0.05, 0.1) is 11.4 Å². The van der Waals surface area contributed by atoms with Crippen LogP contribution in [0.25, 0.3) is 0 Å². The second-order valence-corrected chi connectivity index (χ2v) is 7.62. The molecule has 3 nitrogen and oxygen atoms in total. The first kappa shape index (κ1) is 12.9. The van der Waals surface area contributed by atoms with E-state index in [2.05, 4.69) is 15.9 Å². The number of aryl methyl sites for hydroxylation is 2. The highest BCUT2D eigenvalue weighted by Gasteiger charge is 2.35. The molecule has 5 heteroatoms. The first-order chi connectivity index (χ1) is 7.81. The Labute approximate surface area is 111 Å². The summed E-state index contributed by atoms with van der Waals surface area (Å²) in [4.78, 5) is 0. The molecule has 0 saturated carbocycles. The Kier molecular flexibility index (Phi) is 3.25. The molecule has 0 amide bonds. The predicted octanol–water partition coefficient (Wildman–Crippen LogP) is 2.85. The van der Waals surface area contributed by atoms with E-state index < -0.39 is 10.0 Å². The van der Waals surface area contributed by atoms with E-state index in [9.17, 15) is 8.42 Å². The topological polar surface area (TPSA) is 37.4 Å². The fourth-order valence-corrected chi connectivity index (χ4v) is 5.36. The van der Waals surface area contributed by atoms with Crippen LogP contribution in [-0.4, -0.2) is 20.7 Å². The van der Waals surface area contributed by atoms with Crippen LogP contribution in [0.1, 0.15) is 18.1 Å². The highest BCUT2D eigenvalue weighted by molar-refractivity contribution is 9.10. The van der Waals surface area contributed by atoms with E-state index >= 15 is 0 Å². The molecule has 1 aromatic rings. The highest BCUT2D eigenvalue weighted by Crippen LogP contribution is 2.36. The minimum absolute atomic E-state index is 0.188. The minimum atomic E-state index is -3.14. The lowest BCUT2D eigenvalue weighted by Gasteiger charge is -2.21. The second kappa shape index (κ2) is 4.28. The zero-order valence-electron chi connectivity index (χ0n) is 10.2. The molecule has 1 aromatic carbocycles. The molecule has 1 fully saturated rings. The number of benzene rings is 1. The van der Waals surface area contributed by atoms with Crippen LogP contribution in [0.3, 0.4) is 0 Å². The molecule has 1 atom stereocenters. The lowest BCUT2D eigenvalue weighted by atomic mass is 10.1. The van der Waals surface area contributed by atoms with E-state index in [1.54, 1.807) is 0 Å². The number of hydrogen-bond acceptors (Lipinski definition) is 2. The Bertz CT molecular complexity index is 531. The summed E-state index contributed by atoms with van der Waals surface area (Å²) in [6, 6.07) is 3.97. The van der Waals surface area contributed by atoms with Crippen molar-refractivity contribution in [3.8, 4) is 0 Å². The quantitative estimate of drug-likeness (QED) is 0.798. The lowest BCUT2D eigenvalue weighted by Crippen LogP contribution is -2.26. The number of hydrogen-bond donors (Lipinski definition) is 0. The number of halogens is 1. The van der Waals surface area contributed by atoms with Crippen LogP contribution in [-0.2, 0) is 10.0 Å². The summed E-state index contributed by atoms with van der Waals surface area (Å²) in [5.41, 5.74) is 2.91. The van der Waals surface area contributed by atoms with Gasteiger partial charge in [0.2, 0.25) is 10.0 Å². The summed E-state index contributed by atoms with van der Waals surface area (Å²) in [6.07, 6.45) is 0. The Morgan fingerprint density at radius 1 is 1.35 bits per heavy atom. The molecule has 1 saturated heterocycles. The largest absolute Gasteiger partial charge is 0.269 e. The van der Waals surface area contributed by atoms with Gasteiger partial charge >= 0.3 is 0 Å². The molecular formula is C12H16BrNO2S. The molecule has 1 aliphatic rings. The Hall–Kier alpha value is -0.550. The van der Waals surface area contributed by atoms with Crippen LogP contribution < -0.4 is 4.31 Å². The minimum Gasteiger partial charge on any atom is -0.269 e. The van der Waals surface area contributed by atoms with Crippen molar-refractivity contribution in [2.75, 3.05) is 16.6 Å². The maximum absolute atomic E-state index is 12.1. The fourth-order valence-electron chi connectivity index (χ4n) is 2.35. The van der Waals surface area contributed by atoms with Gasteiger partial charge in [-0.15, -0.1) is 0 Å². The summed E-state index contributed by atoms with van der Waals surface area (Å²) in [5, 5.41) is 0. The lowest BCUT2D eigenvalue weighted by molar-refractivity contribution is 0.598. The number of anilines is 1. The molecule has 0 N–H and O–H groups in total. The van der Waals surface area contributed by atoms with Crippen molar-refractivity contribution in [3.05, 3.63) is 27.7 Å². The molecule has 2 rings (SSSR count). The second-order valence-electron chi connectivity index (χ2n) is 4.83. The summed E-state index contributed by atoms with van der Waals surface area (Å²) >= 11 is 3.47. The first-order valence-corrected chi connectivity index (χ1v) is 7.98. The molecule has 0 spiro atoms. The summed E-state index contributed by atoms with van der Waals surface area (Å²) in [5.74, 6) is 0.430. The van der Waals surface area contributed by atoms with Crippen molar-refractivity contribution in [2.24, 2.45) is 5.92 Å². The van der Waals surface area contributed by atoms with Crippen molar-refractivity contribution >= 4 is 31.6 Å². The van der Waals surface area contributed by atoms with Gasteiger partial charge in [0.25, 0.3) is 0 Å². The zero-order valence-corrected chi connectivity index (χ0v) is 12.6. The standard InChI is InChI=1S/C12H16BrNO2S/c1-8-4-10(3)12(11(13)5-8)14-6-9(2)7-17(14,15)16/h4-5,9H,6-7H2,1-3H3. The van der Waals surface area contributed by atoms with E-state index in [4.69, 9.17) is 0 Å². The maximum Gasteiger partial charge on any atom is 0.235 e. The van der Waals surface area contributed by atoms with Gasteiger partial charge in [-0.3, -0.25) is 4.31 Å². The molecule has 1 heterocycles. The van der Waals surface area contributed by atoms with E-state index in [0.717, 1.165) is 21.3 Å². The van der Waals surface area contributed by atoms with Gasteiger partial charge in [0.15, 0.2) is 0 Å². The van der Waals surface area contributed by atoms with Gasteiger partial charge in [0, 0.05) is 11.0 Å². The third-order valence-corrected chi connectivity index (χ3v) is 5.55. The highest BCUT2D eigenvalue weighted by atomic mass is 79.9. The van der Waals surface area contributed by atoms with Crippen LogP contribution >= 0.6 is 15.9 Å². The zero-order chi connectivity index (χ0) is 12.8. The van der Waals surface area contributed by atoms with Crippen LogP contribution in [0.4, 0.5) is 5.69 Å². The van der Waals surface area contributed by atoms with Crippen LogP contribution in [0.2, 0.25) is 0 Å². The average molecular weight is 318 g/mol. The van der Waals surface area contributed by atoms with Crippen LogP contribution in [0.5, 0.6) is 0 Å². The van der Waals surface area contributed by atoms with Crippen molar-refractivity contribution in [1.29, 1.82) is 0 Å². The Morgan fingerprint density at radius 3 is 2.47 bits per heavy atom. The van der Waals surface area contributed by atoms with Gasteiger partial charge in [-0.1, -0.05) is 13.0 Å². The SMILES string of the molecule is Cc1cc(C)c(N2CC(C)CS2(=O)=O)c(Br)c1. The molecule has 0 radical (unpaired) electrons. The molecule has 0 aromatic heterocycles. The molecular weight excluding hydrogens is 302 g/mol. The number of sulfonamides is 1. The van der Waals surface area contributed by atoms with Crippen molar-refractivity contribution in [2.45, 2.75) is 20.8 Å². The predicted molar refractivity (Wildman–Crippen MR) is 73.9 cm³/mol. The summed E-state index contributed by atoms with van der Waals surface area (Å²) < 4.78 is 26.5. The molecule has 94 valence electrons. The van der Waals surface area contributed by atoms with Gasteiger partial charge in [-0.25, -0.2) is 8.42 Å². The van der Waals surface area contributed by atoms with Crippen molar-refractivity contribution < 1.29 is 8.42 Å². The van der Waals surface area contributed by atoms with E-state index in [1.165, 1.54) is 4.31 Å². The fraction of sp³-hybridized carbons (Fsp3) is 0.500. The molecule has 17 heavy (non-hydrogen) atoms. The maximum atomic E-state index is 12.1. The number of rotatable bonds is 1. The Balaban J connectivity index is 2.55. The summed E-state index contributed by atoms with van der Waals surface area (Å²) in [7, 11) is -3.14. The molecule has 0 aliphatic carbocycles. The normalized spacial score (nSPS) is 23.1. The van der Waals surface area contributed by atoms with Crippen molar-refractivity contribution in [3.63, 3.8) is 0 Å². The third-order valence-electron chi connectivity index (χ3n) is 2.96. The van der Waals surface area contributed by atoms with E-state index in [1.807, 2.05) is 32.9 Å². The molecule has 1 unspecified atom stereocenters. The van der Waals surface area contributed by atoms with E-state index in [-0.39, 0.29) is 11.7 Å². The van der Waals surface area contributed by atoms with E-state index in [0.29, 0.717) is 6.54 Å². The Morgan fingerprint density at radius 2 is 2.00 bits per heavy atom.